The molecule has 2 rings (SSSR count). The van der Waals surface area contributed by atoms with E-state index in [0.29, 0.717) is 5.02 Å². The zero-order chi connectivity index (χ0) is 12.1. The molecular weight excluding hydrogens is 232 g/mol. The summed E-state index contributed by atoms with van der Waals surface area (Å²) in [6.07, 6.45) is 4.38. The Balaban J connectivity index is 2.31. The third kappa shape index (κ3) is 2.87. The van der Waals surface area contributed by atoms with Gasteiger partial charge >= 0.3 is 0 Å². The normalized spacial score (nSPS) is 17.8. The molecule has 2 nitrogen and oxygen atoms in total. The van der Waals surface area contributed by atoms with Crippen molar-refractivity contribution in [3.63, 3.8) is 0 Å². The minimum Gasteiger partial charge on any atom is -0.292 e. The van der Waals surface area contributed by atoms with Crippen molar-refractivity contribution in [1.82, 2.24) is 0 Å². The van der Waals surface area contributed by atoms with Crippen molar-refractivity contribution in [2.45, 2.75) is 31.6 Å². The number of rotatable bonds is 2. The standard InChI is InChI=1S/C14H15ClN2/c15-13-7-4-3-6-11(13)12(10-16)14-8-2-1-5-9-17-14/h3-4,6-7,12H,1-2,5,8-9H2. The maximum Gasteiger partial charge on any atom is 0.110 e. The second-order valence-corrected chi connectivity index (χ2v) is 4.67. The topological polar surface area (TPSA) is 36.1 Å². The van der Waals surface area contributed by atoms with Crippen LogP contribution in [0.2, 0.25) is 5.02 Å². The van der Waals surface area contributed by atoms with Gasteiger partial charge in [0.1, 0.15) is 5.92 Å². The van der Waals surface area contributed by atoms with Gasteiger partial charge in [-0.3, -0.25) is 4.99 Å². The van der Waals surface area contributed by atoms with Crippen LogP contribution in [0.3, 0.4) is 0 Å². The highest BCUT2D eigenvalue weighted by Crippen LogP contribution is 2.27. The maximum absolute atomic E-state index is 9.36. The molecule has 0 amide bonds. The van der Waals surface area contributed by atoms with Gasteiger partial charge in [0.25, 0.3) is 0 Å². The molecular formula is C14H15ClN2. The second kappa shape index (κ2) is 5.84. The molecule has 1 heterocycles. The van der Waals surface area contributed by atoms with Crippen molar-refractivity contribution in [3.05, 3.63) is 34.9 Å². The van der Waals surface area contributed by atoms with Gasteiger partial charge in [0.2, 0.25) is 0 Å². The van der Waals surface area contributed by atoms with Crippen molar-refractivity contribution >= 4 is 17.3 Å². The molecule has 0 saturated heterocycles. The summed E-state index contributed by atoms with van der Waals surface area (Å²) >= 11 is 6.15. The number of hydrogen-bond acceptors (Lipinski definition) is 2. The van der Waals surface area contributed by atoms with Gasteiger partial charge in [0, 0.05) is 17.3 Å². The fourth-order valence-corrected chi connectivity index (χ4v) is 2.41. The molecule has 1 unspecified atom stereocenters. The molecule has 1 aliphatic heterocycles. The maximum atomic E-state index is 9.36. The molecule has 1 atom stereocenters. The van der Waals surface area contributed by atoms with Gasteiger partial charge in [-0.2, -0.15) is 5.26 Å². The molecule has 0 N–H and O–H groups in total. The van der Waals surface area contributed by atoms with E-state index >= 15 is 0 Å². The van der Waals surface area contributed by atoms with Gasteiger partial charge in [0.05, 0.1) is 6.07 Å². The number of nitriles is 1. The van der Waals surface area contributed by atoms with E-state index in [2.05, 4.69) is 11.1 Å². The SMILES string of the molecule is N#CC(C1=NCCCCC1)c1ccccc1Cl. The number of benzene rings is 1. The van der Waals surface area contributed by atoms with E-state index in [1.165, 1.54) is 6.42 Å². The van der Waals surface area contributed by atoms with E-state index in [1.54, 1.807) is 0 Å². The Kier molecular flexibility index (Phi) is 4.17. The number of nitrogens with zero attached hydrogens (tertiary/aromatic N) is 2. The molecule has 0 spiro atoms. The zero-order valence-corrected chi connectivity index (χ0v) is 10.5. The number of aliphatic imine (C=N–C) groups is 1. The zero-order valence-electron chi connectivity index (χ0n) is 9.69. The smallest absolute Gasteiger partial charge is 0.110 e. The van der Waals surface area contributed by atoms with Crippen molar-refractivity contribution in [1.29, 1.82) is 5.26 Å². The average molecular weight is 247 g/mol. The highest BCUT2D eigenvalue weighted by atomic mass is 35.5. The number of hydrogen-bond donors (Lipinski definition) is 0. The summed E-state index contributed by atoms with van der Waals surface area (Å²) in [6, 6.07) is 9.90. The van der Waals surface area contributed by atoms with E-state index in [1.807, 2.05) is 24.3 Å². The largest absolute Gasteiger partial charge is 0.292 e. The van der Waals surface area contributed by atoms with Gasteiger partial charge < -0.3 is 0 Å². The fraction of sp³-hybridized carbons (Fsp3) is 0.429. The van der Waals surface area contributed by atoms with Crippen LogP contribution in [0.1, 0.15) is 37.2 Å². The first-order valence-electron chi connectivity index (χ1n) is 6.00. The summed E-state index contributed by atoms with van der Waals surface area (Å²) in [4.78, 5) is 4.55. The fourth-order valence-electron chi connectivity index (χ4n) is 2.16. The highest BCUT2D eigenvalue weighted by molar-refractivity contribution is 6.31. The Morgan fingerprint density at radius 1 is 1.24 bits per heavy atom. The number of halogens is 1. The van der Waals surface area contributed by atoms with Crippen LogP contribution in [0.4, 0.5) is 0 Å². The van der Waals surface area contributed by atoms with Crippen LogP contribution in [-0.2, 0) is 0 Å². The van der Waals surface area contributed by atoms with Crippen molar-refractivity contribution < 1.29 is 0 Å². The van der Waals surface area contributed by atoms with Gasteiger partial charge in [-0.05, 0) is 30.9 Å². The summed E-state index contributed by atoms with van der Waals surface area (Å²) < 4.78 is 0. The molecule has 1 aliphatic rings. The lowest BCUT2D eigenvalue weighted by Gasteiger charge is -2.13. The lowest BCUT2D eigenvalue weighted by atomic mass is 9.92. The van der Waals surface area contributed by atoms with Gasteiger partial charge in [-0.25, -0.2) is 0 Å². The molecule has 17 heavy (non-hydrogen) atoms. The predicted octanol–water partition coefficient (Wildman–Crippen LogP) is 3.96. The molecule has 1 aromatic carbocycles. The Hall–Kier alpha value is -1.33. The van der Waals surface area contributed by atoms with Gasteiger partial charge in [0.15, 0.2) is 0 Å². The van der Waals surface area contributed by atoms with Crippen LogP contribution >= 0.6 is 11.6 Å². The molecule has 1 aromatic rings. The molecule has 0 radical (unpaired) electrons. The summed E-state index contributed by atoms with van der Waals surface area (Å²) in [5, 5.41) is 10.0. The molecule has 88 valence electrons. The van der Waals surface area contributed by atoms with Crippen LogP contribution < -0.4 is 0 Å². The molecule has 0 aromatic heterocycles. The minimum absolute atomic E-state index is 0.276. The quantitative estimate of drug-likeness (QED) is 0.778. The van der Waals surface area contributed by atoms with E-state index in [0.717, 1.165) is 37.1 Å². The van der Waals surface area contributed by atoms with E-state index in [-0.39, 0.29) is 5.92 Å². The highest BCUT2D eigenvalue weighted by Gasteiger charge is 2.20. The Bertz CT molecular complexity index is 460. The third-order valence-electron chi connectivity index (χ3n) is 3.08. The molecule has 0 fully saturated rings. The first kappa shape index (κ1) is 12.1. The monoisotopic (exact) mass is 246 g/mol. The van der Waals surface area contributed by atoms with Crippen molar-refractivity contribution in [3.8, 4) is 6.07 Å². The van der Waals surface area contributed by atoms with Gasteiger partial charge in [-0.1, -0.05) is 36.2 Å². The van der Waals surface area contributed by atoms with Crippen LogP contribution in [0, 0.1) is 11.3 Å². The molecule has 0 bridgehead atoms. The lowest BCUT2D eigenvalue weighted by Crippen LogP contribution is -2.11. The third-order valence-corrected chi connectivity index (χ3v) is 3.43. The molecule has 3 heteroatoms. The first-order chi connectivity index (χ1) is 8.33. The predicted molar refractivity (Wildman–Crippen MR) is 70.6 cm³/mol. The van der Waals surface area contributed by atoms with Crippen LogP contribution in [0.5, 0.6) is 0 Å². The molecule has 0 aliphatic carbocycles. The summed E-state index contributed by atoms with van der Waals surface area (Å²) in [6.45, 7) is 0.845. The lowest BCUT2D eigenvalue weighted by molar-refractivity contribution is 0.730. The second-order valence-electron chi connectivity index (χ2n) is 4.27. The van der Waals surface area contributed by atoms with E-state index in [4.69, 9.17) is 11.6 Å². The van der Waals surface area contributed by atoms with Crippen LogP contribution in [0.15, 0.2) is 29.3 Å². The summed E-state index contributed by atoms with van der Waals surface area (Å²) in [7, 11) is 0. The van der Waals surface area contributed by atoms with Crippen molar-refractivity contribution in [2.24, 2.45) is 4.99 Å². The van der Waals surface area contributed by atoms with Crippen molar-refractivity contribution in [2.75, 3.05) is 6.54 Å². The van der Waals surface area contributed by atoms with Gasteiger partial charge in [-0.15, -0.1) is 0 Å². The summed E-state index contributed by atoms with van der Waals surface area (Å²) in [5.74, 6) is -0.276. The Morgan fingerprint density at radius 2 is 2.06 bits per heavy atom. The Labute approximate surface area is 107 Å². The summed E-state index contributed by atoms with van der Waals surface area (Å²) in [5.41, 5.74) is 1.88. The average Bonchev–Trinajstić information content (AvgIpc) is 2.62. The van der Waals surface area contributed by atoms with E-state index in [9.17, 15) is 5.26 Å². The van der Waals surface area contributed by atoms with Crippen LogP contribution in [0.25, 0.3) is 0 Å². The first-order valence-corrected chi connectivity index (χ1v) is 6.38. The minimum atomic E-state index is -0.276. The van der Waals surface area contributed by atoms with E-state index < -0.39 is 0 Å². The van der Waals surface area contributed by atoms with Crippen LogP contribution in [-0.4, -0.2) is 12.3 Å². The molecule has 0 saturated carbocycles. The Morgan fingerprint density at radius 3 is 2.82 bits per heavy atom.